The van der Waals surface area contributed by atoms with Crippen molar-refractivity contribution in [2.45, 2.75) is 13.0 Å². The Morgan fingerprint density at radius 2 is 1.95 bits per heavy atom. The molecule has 0 spiro atoms. The molecular weight excluding hydrogens is 264 g/mol. The highest BCUT2D eigenvalue weighted by Gasteiger charge is 2.32. The van der Waals surface area contributed by atoms with Crippen molar-refractivity contribution in [3.8, 4) is 5.75 Å². The summed E-state index contributed by atoms with van der Waals surface area (Å²) in [6.07, 6.45) is 0. The predicted octanol–water partition coefficient (Wildman–Crippen LogP) is 3.21. The molecule has 4 nitrogen and oxygen atoms in total. The average Bonchev–Trinajstić information content (AvgIpc) is 2.54. The van der Waals surface area contributed by atoms with Crippen LogP contribution in [-0.2, 0) is 4.79 Å². The molecule has 1 unspecified atom stereocenters. The number of hydrogen-bond acceptors (Lipinski definition) is 3. The zero-order chi connectivity index (χ0) is 14.8. The van der Waals surface area contributed by atoms with E-state index < -0.39 is 0 Å². The molecule has 0 fully saturated rings. The van der Waals surface area contributed by atoms with Crippen LogP contribution >= 0.6 is 0 Å². The minimum Gasteiger partial charge on any atom is -0.497 e. The van der Waals surface area contributed by atoms with Crippen molar-refractivity contribution >= 4 is 17.3 Å². The molecule has 0 aromatic heterocycles. The van der Waals surface area contributed by atoms with Crippen molar-refractivity contribution < 1.29 is 9.53 Å². The first-order chi connectivity index (χ1) is 10.2. The summed E-state index contributed by atoms with van der Waals surface area (Å²) in [6.45, 7) is 2.63. The highest BCUT2D eigenvalue weighted by atomic mass is 16.5. The van der Waals surface area contributed by atoms with Gasteiger partial charge in [-0.15, -0.1) is 0 Å². The minimum atomic E-state index is -0.356. The second-order valence-corrected chi connectivity index (χ2v) is 4.95. The van der Waals surface area contributed by atoms with E-state index in [1.54, 1.807) is 7.11 Å². The molecule has 0 radical (unpaired) electrons. The summed E-state index contributed by atoms with van der Waals surface area (Å²) < 4.78 is 5.27. The van der Waals surface area contributed by atoms with Crippen LogP contribution < -0.4 is 15.0 Å². The Balaban J connectivity index is 2.05. The molecule has 1 N–H and O–H groups in total. The van der Waals surface area contributed by atoms with Crippen LogP contribution in [0.5, 0.6) is 5.75 Å². The van der Waals surface area contributed by atoms with Crippen molar-refractivity contribution in [1.82, 2.24) is 0 Å². The van der Waals surface area contributed by atoms with E-state index in [0.29, 0.717) is 6.54 Å². The predicted molar refractivity (Wildman–Crippen MR) is 83.8 cm³/mol. The smallest absolute Gasteiger partial charge is 0.254 e. The second-order valence-electron chi connectivity index (χ2n) is 4.95. The fourth-order valence-electron chi connectivity index (χ4n) is 2.68. The molecule has 1 aliphatic heterocycles. The van der Waals surface area contributed by atoms with Gasteiger partial charge in [-0.2, -0.15) is 0 Å². The molecule has 1 amide bonds. The third-order valence-electron chi connectivity index (χ3n) is 3.76. The molecule has 2 aromatic rings. The third-order valence-corrected chi connectivity index (χ3v) is 3.76. The van der Waals surface area contributed by atoms with Crippen LogP contribution in [0.25, 0.3) is 0 Å². The Hall–Kier alpha value is -2.49. The van der Waals surface area contributed by atoms with Gasteiger partial charge in [0.25, 0.3) is 5.91 Å². The van der Waals surface area contributed by atoms with Gasteiger partial charge in [-0.25, -0.2) is 0 Å². The molecule has 1 heterocycles. The molecule has 1 atom stereocenters. The first-order valence-electron chi connectivity index (χ1n) is 7.05. The van der Waals surface area contributed by atoms with E-state index in [1.165, 1.54) is 0 Å². The molecule has 4 heteroatoms. The molecule has 0 aliphatic carbocycles. The van der Waals surface area contributed by atoms with Gasteiger partial charge in [0.1, 0.15) is 11.8 Å². The quantitative estimate of drug-likeness (QED) is 0.940. The first kappa shape index (κ1) is 13.5. The van der Waals surface area contributed by atoms with Crippen molar-refractivity contribution in [3.05, 3.63) is 54.1 Å². The maximum absolute atomic E-state index is 12.7. The van der Waals surface area contributed by atoms with Crippen molar-refractivity contribution in [3.63, 3.8) is 0 Å². The monoisotopic (exact) mass is 282 g/mol. The number of hydrogen-bond donors (Lipinski definition) is 1. The Kier molecular flexibility index (Phi) is 3.52. The Bertz CT molecular complexity index is 655. The molecule has 1 aliphatic rings. The van der Waals surface area contributed by atoms with Crippen LogP contribution in [0.4, 0.5) is 11.4 Å². The number of nitrogens with one attached hydrogen (secondary N) is 1. The number of carbonyl (C=O) groups is 1. The number of amides is 1. The van der Waals surface area contributed by atoms with Gasteiger partial charge in [0.05, 0.1) is 18.5 Å². The fourth-order valence-corrected chi connectivity index (χ4v) is 2.68. The molecule has 21 heavy (non-hydrogen) atoms. The Morgan fingerprint density at radius 1 is 1.19 bits per heavy atom. The molecule has 3 rings (SSSR count). The molecule has 0 bridgehead atoms. The van der Waals surface area contributed by atoms with Crippen LogP contribution in [-0.4, -0.2) is 19.6 Å². The van der Waals surface area contributed by atoms with E-state index in [2.05, 4.69) is 5.32 Å². The van der Waals surface area contributed by atoms with Gasteiger partial charge in [0.15, 0.2) is 0 Å². The zero-order valence-electron chi connectivity index (χ0n) is 12.2. The van der Waals surface area contributed by atoms with Crippen molar-refractivity contribution in [2.75, 3.05) is 23.9 Å². The summed E-state index contributed by atoms with van der Waals surface area (Å²) in [5.41, 5.74) is 2.79. The maximum atomic E-state index is 12.7. The van der Waals surface area contributed by atoms with Gasteiger partial charge in [-0.1, -0.05) is 30.3 Å². The van der Waals surface area contributed by atoms with E-state index in [0.717, 1.165) is 22.7 Å². The number of likely N-dealkylation sites (N-methyl/N-ethyl adjacent to an activating group) is 1. The third kappa shape index (κ3) is 2.33. The zero-order valence-corrected chi connectivity index (χ0v) is 12.2. The highest BCUT2D eigenvalue weighted by molar-refractivity contribution is 6.05. The summed E-state index contributed by atoms with van der Waals surface area (Å²) in [7, 11) is 1.64. The lowest BCUT2D eigenvalue weighted by molar-refractivity contribution is -0.119. The lowest BCUT2D eigenvalue weighted by atomic mass is 10.0. The van der Waals surface area contributed by atoms with Crippen LogP contribution in [0.1, 0.15) is 18.5 Å². The van der Waals surface area contributed by atoms with Gasteiger partial charge < -0.3 is 15.0 Å². The average molecular weight is 282 g/mol. The Labute approximate surface area is 124 Å². The fraction of sp³-hybridized carbons (Fsp3) is 0.235. The molecule has 0 saturated heterocycles. The van der Waals surface area contributed by atoms with E-state index >= 15 is 0 Å². The lowest BCUT2D eigenvalue weighted by Crippen LogP contribution is -2.42. The Morgan fingerprint density at radius 3 is 2.62 bits per heavy atom. The van der Waals surface area contributed by atoms with Crippen molar-refractivity contribution in [1.29, 1.82) is 0 Å². The van der Waals surface area contributed by atoms with E-state index in [-0.39, 0.29) is 11.9 Å². The van der Waals surface area contributed by atoms with Crippen LogP contribution in [0.15, 0.2) is 48.5 Å². The number of rotatable bonds is 3. The number of ether oxygens (including phenoxy) is 1. The number of methoxy groups -OCH3 is 1. The topological polar surface area (TPSA) is 41.6 Å². The number of fused-ring (bicyclic) bond motifs is 1. The second kappa shape index (κ2) is 5.48. The first-order valence-corrected chi connectivity index (χ1v) is 7.05. The summed E-state index contributed by atoms with van der Waals surface area (Å²) in [5, 5.41) is 3.33. The summed E-state index contributed by atoms with van der Waals surface area (Å²) >= 11 is 0. The van der Waals surface area contributed by atoms with Crippen molar-refractivity contribution in [2.24, 2.45) is 0 Å². The number of benzene rings is 2. The number of anilines is 2. The van der Waals surface area contributed by atoms with E-state index in [4.69, 9.17) is 4.74 Å². The summed E-state index contributed by atoms with van der Waals surface area (Å²) in [6, 6.07) is 15.1. The molecule has 2 aromatic carbocycles. The number of nitrogens with zero attached hydrogens (tertiary/aromatic N) is 1. The van der Waals surface area contributed by atoms with Crippen LogP contribution in [0.2, 0.25) is 0 Å². The van der Waals surface area contributed by atoms with Gasteiger partial charge in [-0.05, 0) is 24.6 Å². The standard InChI is InChI=1S/C17H18N2O2/c1-3-19-15-10-9-13(21-2)11-14(15)18-16(17(19)20)12-7-5-4-6-8-12/h4-11,16,18H,3H2,1-2H3. The van der Waals surface area contributed by atoms with E-state index in [9.17, 15) is 4.79 Å². The summed E-state index contributed by atoms with van der Waals surface area (Å²) in [4.78, 5) is 14.5. The van der Waals surface area contributed by atoms with Crippen LogP contribution in [0, 0.1) is 0 Å². The SMILES string of the molecule is CCN1C(=O)C(c2ccccc2)Nc2cc(OC)ccc21. The molecule has 0 saturated carbocycles. The normalized spacial score (nSPS) is 17.1. The maximum Gasteiger partial charge on any atom is 0.254 e. The minimum absolute atomic E-state index is 0.0707. The summed E-state index contributed by atoms with van der Waals surface area (Å²) in [5.74, 6) is 0.847. The highest BCUT2D eigenvalue weighted by Crippen LogP contribution is 2.38. The van der Waals surface area contributed by atoms with Crippen LogP contribution in [0.3, 0.4) is 0 Å². The van der Waals surface area contributed by atoms with Gasteiger partial charge in [-0.3, -0.25) is 4.79 Å². The number of carbonyl (C=O) groups excluding carboxylic acids is 1. The van der Waals surface area contributed by atoms with Gasteiger partial charge >= 0.3 is 0 Å². The largest absolute Gasteiger partial charge is 0.497 e. The van der Waals surface area contributed by atoms with Gasteiger partial charge in [0, 0.05) is 12.6 Å². The molecular formula is C17H18N2O2. The van der Waals surface area contributed by atoms with Gasteiger partial charge in [0.2, 0.25) is 0 Å². The van der Waals surface area contributed by atoms with E-state index in [1.807, 2.05) is 60.4 Å². The molecule has 108 valence electrons. The lowest BCUT2D eigenvalue weighted by Gasteiger charge is -2.35.